The van der Waals surface area contributed by atoms with Crippen LogP contribution in [0, 0.1) is 23.7 Å². The third-order valence-electron chi connectivity index (χ3n) is 9.41. The number of carbonyl (C=O) groups is 8. The molecule has 0 bridgehead atoms. The zero-order valence-electron chi connectivity index (χ0n) is 35.7. The van der Waals surface area contributed by atoms with Crippen LogP contribution in [0.3, 0.4) is 0 Å². The molecular weight excluding hydrogens is 750 g/mol. The third-order valence-corrected chi connectivity index (χ3v) is 9.41. The molecule has 58 heavy (non-hydrogen) atoms. The molecule has 334 valence electrons. The molecule has 17 heteroatoms. The van der Waals surface area contributed by atoms with E-state index in [9.17, 15) is 38.4 Å². The van der Waals surface area contributed by atoms with E-state index < -0.39 is 89.9 Å². The highest BCUT2D eigenvalue weighted by Crippen LogP contribution is 2.24. The fourth-order valence-electron chi connectivity index (χ4n) is 5.90. The van der Waals surface area contributed by atoms with Gasteiger partial charge in [0.15, 0.2) is 0 Å². The first-order valence-corrected chi connectivity index (χ1v) is 21.4. The van der Waals surface area contributed by atoms with Crippen LogP contribution in [0.5, 0.6) is 0 Å². The molecule has 17 nitrogen and oxygen atoms in total. The average Bonchev–Trinajstić information content (AvgIpc) is 3.19. The molecule has 4 atom stereocenters. The summed E-state index contributed by atoms with van der Waals surface area (Å²) >= 11 is 0. The highest BCUT2D eigenvalue weighted by Gasteiger charge is 2.34. The summed E-state index contributed by atoms with van der Waals surface area (Å²) in [4.78, 5) is 106. The van der Waals surface area contributed by atoms with Crippen LogP contribution in [0.25, 0.3) is 0 Å². The monoisotopic (exact) mass is 826 g/mol. The predicted octanol–water partition coefficient (Wildman–Crippen LogP) is 1.23. The summed E-state index contributed by atoms with van der Waals surface area (Å²) < 4.78 is 10.6. The highest BCUT2D eigenvalue weighted by atomic mass is 16.5. The SMILES string of the molecule is CCCCNC(=O)C(CC(=O)CC(CC(=O)C(CC(=O)CC(CC)C(=O)OCCCC)CC(=O)OCCCC)C(=O)NCCNCCN)CC(=O)NCCNCCN. The Morgan fingerprint density at radius 1 is 0.483 bits per heavy atom. The molecule has 0 rings (SSSR count). The van der Waals surface area contributed by atoms with Crippen molar-refractivity contribution in [3.8, 4) is 0 Å². The molecule has 0 aromatic rings. The Morgan fingerprint density at radius 3 is 1.50 bits per heavy atom. The van der Waals surface area contributed by atoms with E-state index in [0.717, 1.165) is 19.3 Å². The maximum atomic E-state index is 14.0. The van der Waals surface area contributed by atoms with Crippen molar-refractivity contribution in [1.29, 1.82) is 0 Å². The van der Waals surface area contributed by atoms with Crippen molar-refractivity contribution in [3.05, 3.63) is 0 Å². The van der Waals surface area contributed by atoms with Crippen molar-refractivity contribution >= 4 is 47.0 Å². The van der Waals surface area contributed by atoms with Crippen molar-refractivity contribution in [2.45, 2.75) is 118 Å². The molecule has 3 amide bonds. The van der Waals surface area contributed by atoms with Gasteiger partial charge in [0.05, 0.1) is 37.4 Å². The van der Waals surface area contributed by atoms with E-state index in [1.165, 1.54) is 0 Å². The van der Waals surface area contributed by atoms with Gasteiger partial charge in [-0.05, 0) is 25.7 Å². The summed E-state index contributed by atoms with van der Waals surface area (Å²) in [6.45, 7) is 11.5. The Labute approximate surface area is 345 Å². The van der Waals surface area contributed by atoms with Gasteiger partial charge in [-0.15, -0.1) is 0 Å². The quantitative estimate of drug-likeness (QED) is 0.0341. The molecule has 0 heterocycles. The lowest BCUT2D eigenvalue weighted by atomic mass is 9.83. The van der Waals surface area contributed by atoms with Gasteiger partial charge in [0.1, 0.15) is 17.3 Å². The molecule has 0 aliphatic carbocycles. The molecule has 4 unspecified atom stereocenters. The summed E-state index contributed by atoms with van der Waals surface area (Å²) in [5, 5.41) is 14.4. The predicted molar refractivity (Wildman–Crippen MR) is 221 cm³/mol. The number of unbranched alkanes of at least 4 members (excludes halogenated alkanes) is 3. The Hall–Kier alpha value is -3.80. The van der Waals surface area contributed by atoms with Gasteiger partial charge >= 0.3 is 11.9 Å². The average molecular weight is 826 g/mol. The van der Waals surface area contributed by atoms with Crippen molar-refractivity contribution in [1.82, 2.24) is 26.6 Å². The third kappa shape index (κ3) is 27.0. The fraction of sp³-hybridized carbons (Fsp3) is 0.805. The first kappa shape index (κ1) is 54.2. The number of hydrogen-bond acceptors (Lipinski definition) is 14. The summed E-state index contributed by atoms with van der Waals surface area (Å²) in [6.07, 6.45) is 2.24. The first-order valence-electron chi connectivity index (χ1n) is 21.4. The Kier molecular flexibility index (Phi) is 32.9. The number of nitrogens with one attached hydrogen (secondary N) is 5. The minimum Gasteiger partial charge on any atom is -0.466 e. The molecule has 0 aliphatic heterocycles. The maximum absolute atomic E-state index is 14.0. The molecule has 0 saturated carbocycles. The number of amides is 3. The van der Waals surface area contributed by atoms with E-state index in [2.05, 4.69) is 26.6 Å². The van der Waals surface area contributed by atoms with Crippen molar-refractivity contribution in [3.63, 3.8) is 0 Å². The molecule has 0 radical (unpaired) electrons. The summed E-state index contributed by atoms with van der Waals surface area (Å²) in [6, 6.07) is 0. The van der Waals surface area contributed by atoms with Crippen LogP contribution in [0.15, 0.2) is 0 Å². The summed E-state index contributed by atoms with van der Waals surface area (Å²) in [5.74, 6) is -8.33. The number of rotatable bonds is 38. The van der Waals surface area contributed by atoms with Gasteiger partial charge in [-0.2, -0.15) is 0 Å². The second kappa shape index (κ2) is 35.2. The highest BCUT2D eigenvalue weighted by molar-refractivity contribution is 5.96. The zero-order chi connectivity index (χ0) is 43.6. The standard InChI is InChI=1S/C41H75N7O10/c1-5-9-14-47-40(55)33(28-37(52)46-19-17-44-15-12-42)26-35(50)25-32(39(54)48-20-18-45-16-13-43)27-36(51)31(29-38(53)57-21-10-6-2)24-34(49)23-30(8-4)41(56)58-22-11-7-3/h30-33,44-45H,5-29,42-43H2,1-4H3,(H,46,52)(H,47,55)(H,48,54). The van der Waals surface area contributed by atoms with Gasteiger partial charge in [0.25, 0.3) is 0 Å². The van der Waals surface area contributed by atoms with Gasteiger partial charge < -0.3 is 47.5 Å². The van der Waals surface area contributed by atoms with E-state index in [1.807, 2.05) is 20.8 Å². The molecule has 0 fully saturated rings. The van der Waals surface area contributed by atoms with Gasteiger partial charge in [0.2, 0.25) is 17.7 Å². The molecular formula is C41H75N7O10. The lowest BCUT2D eigenvalue weighted by Gasteiger charge is -2.21. The molecule has 0 saturated heterocycles. The number of nitrogens with two attached hydrogens (primary N) is 2. The van der Waals surface area contributed by atoms with Gasteiger partial charge in [-0.1, -0.05) is 47.0 Å². The van der Waals surface area contributed by atoms with Gasteiger partial charge in [-0.3, -0.25) is 38.4 Å². The van der Waals surface area contributed by atoms with Crippen LogP contribution in [-0.2, 0) is 47.8 Å². The molecule has 0 spiro atoms. The van der Waals surface area contributed by atoms with E-state index in [-0.39, 0.29) is 45.4 Å². The second-order valence-electron chi connectivity index (χ2n) is 14.6. The summed E-state index contributed by atoms with van der Waals surface area (Å²) in [7, 11) is 0. The minimum atomic E-state index is -1.20. The normalized spacial score (nSPS) is 13.1. The topological polar surface area (TPSA) is 267 Å². The maximum Gasteiger partial charge on any atom is 0.309 e. The number of ketones is 3. The lowest BCUT2D eigenvalue weighted by Crippen LogP contribution is -2.40. The Bertz CT molecular complexity index is 1240. The lowest BCUT2D eigenvalue weighted by molar-refractivity contribution is -0.151. The number of hydrogen-bond donors (Lipinski definition) is 7. The second-order valence-corrected chi connectivity index (χ2v) is 14.6. The van der Waals surface area contributed by atoms with Crippen LogP contribution < -0.4 is 38.1 Å². The van der Waals surface area contributed by atoms with Gasteiger partial charge in [-0.25, -0.2) is 0 Å². The smallest absolute Gasteiger partial charge is 0.309 e. The Balaban J connectivity index is 6.26. The molecule has 9 N–H and O–H groups in total. The number of esters is 2. The minimum absolute atomic E-state index is 0.139. The molecule has 0 aromatic heterocycles. The number of Topliss-reactive ketones (excluding diaryl/α,β-unsaturated/α-hetero) is 3. The zero-order valence-corrected chi connectivity index (χ0v) is 35.7. The van der Waals surface area contributed by atoms with Crippen LogP contribution in [-0.4, -0.2) is 119 Å². The number of carbonyl (C=O) groups excluding carboxylic acids is 8. The van der Waals surface area contributed by atoms with E-state index in [0.29, 0.717) is 78.0 Å². The van der Waals surface area contributed by atoms with E-state index >= 15 is 0 Å². The summed E-state index contributed by atoms with van der Waals surface area (Å²) in [5.41, 5.74) is 11.0. The van der Waals surface area contributed by atoms with Crippen LogP contribution in [0.2, 0.25) is 0 Å². The first-order chi connectivity index (χ1) is 27.9. The largest absolute Gasteiger partial charge is 0.466 e. The van der Waals surface area contributed by atoms with Crippen molar-refractivity contribution in [2.24, 2.45) is 35.1 Å². The Morgan fingerprint density at radius 2 is 0.966 bits per heavy atom. The van der Waals surface area contributed by atoms with E-state index in [4.69, 9.17) is 20.9 Å². The van der Waals surface area contributed by atoms with Crippen LogP contribution in [0.1, 0.15) is 118 Å². The fourth-order valence-corrected chi connectivity index (χ4v) is 5.90. The van der Waals surface area contributed by atoms with Crippen LogP contribution >= 0.6 is 0 Å². The van der Waals surface area contributed by atoms with Crippen molar-refractivity contribution in [2.75, 3.05) is 72.1 Å². The number of ether oxygens (including phenoxy) is 2. The van der Waals surface area contributed by atoms with Gasteiger partial charge in [0, 0.05) is 103 Å². The van der Waals surface area contributed by atoms with Crippen LogP contribution in [0.4, 0.5) is 0 Å². The van der Waals surface area contributed by atoms with Crippen molar-refractivity contribution < 1.29 is 47.8 Å². The van der Waals surface area contributed by atoms with E-state index in [1.54, 1.807) is 6.92 Å². The molecule has 0 aliphatic rings. The molecule has 0 aromatic carbocycles.